The molecule has 0 saturated heterocycles. The van der Waals surface area contributed by atoms with Crippen molar-refractivity contribution in [3.8, 4) is 16.2 Å². The summed E-state index contributed by atoms with van der Waals surface area (Å²) in [5.41, 5.74) is 14.3. The number of fused-ring (bicyclic) bond motifs is 2. The lowest BCUT2D eigenvalue weighted by Crippen LogP contribution is -2.10. The average Bonchev–Trinajstić information content (AvgIpc) is 3.15. The lowest BCUT2D eigenvalue weighted by Gasteiger charge is -2.02. The van der Waals surface area contributed by atoms with Crippen molar-refractivity contribution < 1.29 is 9.53 Å². The van der Waals surface area contributed by atoms with Crippen molar-refractivity contribution in [1.82, 2.24) is 14.6 Å². The molecule has 1 amide bonds. The monoisotopic (exact) mass is 353 g/mol. The third-order valence-electron chi connectivity index (χ3n) is 4.06. The highest BCUT2D eigenvalue weighted by Gasteiger charge is 2.22. The first-order chi connectivity index (χ1) is 12.0. The molecule has 1 aromatic carbocycles. The van der Waals surface area contributed by atoms with Crippen LogP contribution in [0.5, 0.6) is 5.75 Å². The number of hydrogen-bond donors (Lipinski definition) is 2. The molecule has 8 heteroatoms. The maximum atomic E-state index is 12.0. The molecule has 0 saturated carbocycles. The number of aromatic nitrogens is 3. The Balaban J connectivity index is 2.09. The zero-order valence-corrected chi connectivity index (χ0v) is 14.4. The highest BCUT2D eigenvalue weighted by atomic mass is 32.1. The Kier molecular flexibility index (Phi) is 3.36. The van der Waals surface area contributed by atoms with Gasteiger partial charge in [0.15, 0.2) is 5.82 Å². The van der Waals surface area contributed by atoms with Crippen LogP contribution in [0.15, 0.2) is 30.7 Å². The van der Waals surface area contributed by atoms with Gasteiger partial charge in [-0.05, 0) is 30.0 Å². The van der Waals surface area contributed by atoms with Gasteiger partial charge >= 0.3 is 0 Å². The quantitative estimate of drug-likeness (QED) is 0.588. The zero-order chi connectivity index (χ0) is 17.7. The van der Waals surface area contributed by atoms with Crippen molar-refractivity contribution >= 4 is 38.7 Å². The van der Waals surface area contributed by atoms with E-state index < -0.39 is 5.91 Å². The van der Waals surface area contributed by atoms with Gasteiger partial charge in [-0.25, -0.2) is 9.50 Å². The fraction of sp³-hybridized carbons (Fsp3) is 0.118. The number of nitrogens with two attached hydrogens (primary N) is 2. The van der Waals surface area contributed by atoms with Crippen LogP contribution < -0.4 is 16.2 Å². The van der Waals surface area contributed by atoms with E-state index in [1.165, 1.54) is 22.2 Å². The number of aryl methyl sites for hydroxylation is 1. The van der Waals surface area contributed by atoms with Crippen molar-refractivity contribution in [1.29, 1.82) is 0 Å². The lowest BCUT2D eigenvalue weighted by molar-refractivity contribution is 0.100. The summed E-state index contributed by atoms with van der Waals surface area (Å²) in [4.78, 5) is 16.9. The molecule has 3 heterocycles. The number of carbonyl (C=O) groups excluding carboxylic acids is 1. The summed E-state index contributed by atoms with van der Waals surface area (Å²) in [6.45, 7) is 2.01. The Hall–Kier alpha value is -3.13. The number of nitrogen functional groups attached to an aromatic ring is 1. The van der Waals surface area contributed by atoms with E-state index in [-0.39, 0.29) is 5.82 Å². The molecule has 0 unspecified atom stereocenters. The van der Waals surface area contributed by atoms with E-state index in [1.54, 1.807) is 13.3 Å². The molecule has 0 atom stereocenters. The van der Waals surface area contributed by atoms with E-state index in [2.05, 4.69) is 16.1 Å². The number of amides is 1. The smallest absolute Gasteiger partial charge is 0.251 e. The van der Waals surface area contributed by atoms with Gasteiger partial charge in [0.2, 0.25) is 0 Å². The molecule has 0 aliphatic carbocycles. The van der Waals surface area contributed by atoms with Crippen LogP contribution in [0.1, 0.15) is 15.9 Å². The summed E-state index contributed by atoms with van der Waals surface area (Å²) in [5, 5.41) is 5.16. The first-order valence-electron chi connectivity index (χ1n) is 7.49. The fourth-order valence-electron chi connectivity index (χ4n) is 3.01. The lowest BCUT2D eigenvalue weighted by atomic mass is 10.1. The summed E-state index contributed by atoms with van der Waals surface area (Å²) < 4.78 is 8.02. The Morgan fingerprint density at radius 2 is 2.12 bits per heavy atom. The van der Waals surface area contributed by atoms with E-state index in [9.17, 15) is 4.79 Å². The largest absolute Gasteiger partial charge is 0.495 e. The molecule has 0 aliphatic heterocycles. The van der Waals surface area contributed by atoms with Crippen LogP contribution in [0.3, 0.4) is 0 Å². The first-order valence-corrected chi connectivity index (χ1v) is 8.31. The van der Waals surface area contributed by atoms with Crippen LogP contribution in [0, 0.1) is 6.92 Å². The fourth-order valence-corrected chi connectivity index (χ4v) is 4.20. The summed E-state index contributed by atoms with van der Waals surface area (Å²) in [5.74, 6) is 0.540. The van der Waals surface area contributed by atoms with Gasteiger partial charge in [-0.2, -0.15) is 5.10 Å². The van der Waals surface area contributed by atoms with Crippen molar-refractivity contribution in [3.05, 3.63) is 41.9 Å². The van der Waals surface area contributed by atoms with E-state index in [0.29, 0.717) is 16.6 Å². The average molecular weight is 353 g/mol. The number of anilines is 1. The molecular formula is C17H15N5O2S. The minimum atomic E-state index is -0.541. The number of methoxy groups -OCH3 is 1. The molecule has 4 rings (SSSR count). The minimum Gasteiger partial charge on any atom is -0.495 e. The van der Waals surface area contributed by atoms with Crippen molar-refractivity contribution in [2.45, 2.75) is 6.92 Å². The molecule has 4 aromatic rings. The van der Waals surface area contributed by atoms with Crippen molar-refractivity contribution in [2.24, 2.45) is 5.73 Å². The summed E-state index contributed by atoms with van der Waals surface area (Å²) >= 11 is 1.51. The standard InChI is InChI=1S/C17H15N5O2S/c1-8-3-9-5-12(25-15(9)11(4-8)24-2)13-10(17(19)23)6-22-14(13)16(18)20-7-21-22/h3-7H,1-2H3,(H2,19,23)(H2,18,20,21). The molecule has 0 spiro atoms. The third-order valence-corrected chi connectivity index (χ3v) is 5.24. The van der Waals surface area contributed by atoms with Gasteiger partial charge in [-0.15, -0.1) is 11.3 Å². The number of rotatable bonds is 3. The topological polar surface area (TPSA) is 109 Å². The minimum absolute atomic E-state index is 0.290. The van der Waals surface area contributed by atoms with Gasteiger partial charge < -0.3 is 16.2 Å². The van der Waals surface area contributed by atoms with Gasteiger partial charge in [0, 0.05) is 16.6 Å². The van der Waals surface area contributed by atoms with Crippen LogP contribution in [0.25, 0.3) is 26.0 Å². The van der Waals surface area contributed by atoms with Crippen LogP contribution >= 0.6 is 11.3 Å². The highest BCUT2D eigenvalue weighted by molar-refractivity contribution is 7.22. The second-order valence-electron chi connectivity index (χ2n) is 5.72. The molecule has 126 valence electrons. The number of ether oxygens (including phenoxy) is 1. The predicted molar refractivity (Wildman–Crippen MR) is 98.0 cm³/mol. The predicted octanol–water partition coefficient (Wildman–Crippen LogP) is 2.61. The third kappa shape index (κ3) is 2.30. The van der Waals surface area contributed by atoms with Gasteiger partial charge in [-0.3, -0.25) is 4.79 Å². The summed E-state index contributed by atoms with van der Waals surface area (Å²) in [7, 11) is 1.64. The Labute approximate surface area is 146 Å². The Morgan fingerprint density at radius 1 is 1.32 bits per heavy atom. The number of hydrogen-bond acceptors (Lipinski definition) is 6. The summed E-state index contributed by atoms with van der Waals surface area (Å²) in [6, 6.07) is 6.05. The second kappa shape index (κ2) is 5.45. The van der Waals surface area contributed by atoms with E-state index >= 15 is 0 Å². The molecule has 3 aromatic heterocycles. The van der Waals surface area contributed by atoms with Crippen LogP contribution in [0.2, 0.25) is 0 Å². The second-order valence-corrected chi connectivity index (χ2v) is 6.77. The number of thiophene rings is 1. The Bertz CT molecular complexity index is 1150. The number of primary amides is 1. The first kappa shape index (κ1) is 15.4. The molecule has 0 fully saturated rings. The van der Waals surface area contributed by atoms with E-state index in [1.807, 2.05) is 19.1 Å². The maximum absolute atomic E-state index is 12.0. The van der Waals surface area contributed by atoms with Gasteiger partial charge in [0.25, 0.3) is 5.91 Å². The van der Waals surface area contributed by atoms with Gasteiger partial charge in [0.1, 0.15) is 17.6 Å². The SMILES string of the molecule is COc1cc(C)cc2cc(-c3c(C(N)=O)cn4ncnc(N)c34)sc12. The molecule has 0 aliphatic rings. The van der Waals surface area contributed by atoms with E-state index in [4.69, 9.17) is 16.2 Å². The molecule has 7 nitrogen and oxygen atoms in total. The zero-order valence-electron chi connectivity index (χ0n) is 13.6. The number of nitrogens with zero attached hydrogens (tertiary/aromatic N) is 3. The maximum Gasteiger partial charge on any atom is 0.251 e. The molecule has 0 radical (unpaired) electrons. The highest BCUT2D eigenvalue weighted by Crippen LogP contribution is 2.42. The number of benzene rings is 1. The Morgan fingerprint density at radius 3 is 2.84 bits per heavy atom. The number of carbonyl (C=O) groups is 1. The molecule has 25 heavy (non-hydrogen) atoms. The van der Waals surface area contributed by atoms with Crippen molar-refractivity contribution in [3.63, 3.8) is 0 Å². The normalized spacial score (nSPS) is 11.3. The van der Waals surface area contributed by atoms with E-state index in [0.717, 1.165) is 26.3 Å². The van der Waals surface area contributed by atoms with Gasteiger partial charge in [0.05, 0.1) is 17.4 Å². The molecule has 0 bridgehead atoms. The van der Waals surface area contributed by atoms with Crippen LogP contribution in [-0.4, -0.2) is 27.6 Å². The van der Waals surface area contributed by atoms with Crippen LogP contribution in [-0.2, 0) is 0 Å². The van der Waals surface area contributed by atoms with Gasteiger partial charge in [-0.1, -0.05) is 6.07 Å². The summed E-state index contributed by atoms with van der Waals surface area (Å²) in [6.07, 6.45) is 2.92. The van der Waals surface area contributed by atoms with Crippen molar-refractivity contribution in [2.75, 3.05) is 12.8 Å². The molecule has 4 N–H and O–H groups in total. The molecular weight excluding hydrogens is 338 g/mol. The van der Waals surface area contributed by atoms with Crippen LogP contribution in [0.4, 0.5) is 5.82 Å².